The Morgan fingerprint density at radius 2 is 1.92 bits per heavy atom. The van der Waals surface area contributed by atoms with E-state index < -0.39 is 0 Å². The van der Waals surface area contributed by atoms with Crippen LogP contribution >= 0.6 is 11.3 Å². The van der Waals surface area contributed by atoms with Gasteiger partial charge in [-0.2, -0.15) is 0 Å². The molecule has 4 rings (SSSR count). The van der Waals surface area contributed by atoms with Crippen LogP contribution in [0.3, 0.4) is 0 Å². The van der Waals surface area contributed by atoms with Crippen LogP contribution in [-0.2, 0) is 6.42 Å². The lowest BCUT2D eigenvalue weighted by Gasteiger charge is -2.36. The Morgan fingerprint density at radius 3 is 2.69 bits per heavy atom. The average Bonchev–Trinajstić information content (AvgIpc) is 3.16. The van der Waals surface area contributed by atoms with E-state index in [0.717, 1.165) is 17.5 Å². The molecule has 2 aromatic carbocycles. The Bertz CT molecular complexity index is 935. The summed E-state index contributed by atoms with van der Waals surface area (Å²) in [5.74, 6) is 0.206. The first-order chi connectivity index (χ1) is 12.7. The molecule has 2 heterocycles. The van der Waals surface area contributed by atoms with Crippen molar-refractivity contribution in [1.29, 1.82) is 0 Å². The summed E-state index contributed by atoms with van der Waals surface area (Å²) in [6.45, 7) is 0.617. The lowest BCUT2D eigenvalue weighted by molar-refractivity contribution is 0.0692. The fourth-order valence-electron chi connectivity index (χ4n) is 3.52. The van der Waals surface area contributed by atoms with Gasteiger partial charge in [-0.3, -0.25) is 4.79 Å². The van der Waals surface area contributed by atoms with Crippen LogP contribution in [0.1, 0.15) is 32.4 Å². The van der Waals surface area contributed by atoms with E-state index in [1.54, 1.807) is 42.7 Å². The normalized spacial score (nSPS) is 16.2. The Labute approximate surface area is 155 Å². The van der Waals surface area contributed by atoms with E-state index in [1.807, 2.05) is 17.0 Å². The number of methoxy groups -OCH3 is 1. The minimum Gasteiger partial charge on any atom is -0.496 e. The number of hydrogen-bond acceptors (Lipinski definition) is 3. The second-order valence-electron chi connectivity index (χ2n) is 6.20. The highest BCUT2D eigenvalue weighted by atomic mass is 32.1. The maximum atomic E-state index is 13.4. The van der Waals surface area contributed by atoms with Crippen molar-refractivity contribution in [2.45, 2.75) is 12.5 Å². The Kier molecular flexibility index (Phi) is 4.47. The first-order valence-corrected chi connectivity index (χ1v) is 9.32. The van der Waals surface area contributed by atoms with Crippen LogP contribution in [0, 0.1) is 5.82 Å². The summed E-state index contributed by atoms with van der Waals surface area (Å²) in [5.41, 5.74) is 2.57. The molecule has 0 N–H and O–H groups in total. The fourth-order valence-corrected chi connectivity index (χ4v) is 4.42. The van der Waals surface area contributed by atoms with Crippen LogP contribution < -0.4 is 4.74 Å². The number of halogens is 1. The summed E-state index contributed by atoms with van der Waals surface area (Å²) in [7, 11) is 1.57. The smallest absolute Gasteiger partial charge is 0.258 e. The highest BCUT2D eigenvalue weighted by Crippen LogP contribution is 2.39. The predicted octanol–water partition coefficient (Wildman–Crippen LogP) is 4.68. The quantitative estimate of drug-likeness (QED) is 0.672. The molecule has 1 aliphatic rings. The van der Waals surface area contributed by atoms with Crippen LogP contribution in [0.4, 0.5) is 4.39 Å². The molecule has 3 nitrogen and oxygen atoms in total. The molecule has 0 aliphatic carbocycles. The lowest BCUT2D eigenvalue weighted by Crippen LogP contribution is -2.40. The number of thiophene rings is 1. The number of nitrogens with zero attached hydrogens (tertiary/aromatic N) is 1. The Morgan fingerprint density at radius 1 is 1.15 bits per heavy atom. The largest absolute Gasteiger partial charge is 0.496 e. The van der Waals surface area contributed by atoms with Gasteiger partial charge in [0.1, 0.15) is 11.6 Å². The fraction of sp³-hybridized carbons (Fsp3) is 0.190. The molecule has 26 heavy (non-hydrogen) atoms. The topological polar surface area (TPSA) is 29.5 Å². The van der Waals surface area contributed by atoms with E-state index in [2.05, 4.69) is 11.4 Å². The zero-order valence-electron chi connectivity index (χ0n) is 14.3. The minimum absolute atomic E-state index is 0.0753. The summed E-state index contributed by atoms with van der Waals surface area (Å²) in [4.78, 5) is 16.5. The van der Waals surface area contributed by atoms with Crippen molar-refractivity contribution in [1.82, 2.24) is 4.90 Å². The van der Waals surface area contributed by atoms with Crippen molar-refractivity contribution < 1.29 is 13.9 Å². The van der Waals surface area contributed by atoms with Crippen molar-refractivity contribution in [3.05, 3.63) is 87.4 Å². The van der Waals surface area contributed by atoms with Gasteiger partial charge in [-0.15, -0.1) is 11.3 Å². The van der Waals surface area contributed by atoms with Gasteiger partial charge in [0.25, 0.3) is 5.91 Å². The molecule has 1 unspecified atom stereocenters. The lowest BCUT2D eigenvalue weighted by atomic mass is 9.92. The number of para-hydroxylation sites is 1. The Balaban J connectivity index is 1.79. The molecule has 1 aliphatic heterocycles. The number of carbonyl (C=O) groups excluding carboxylic acids is 1. The molecule has 132 valence electrons. The van der Waals surface area contributed by atoms with Gasteiger partial charge >= 0.3 is 0 Å². The third-order valence-corrected chi connectivity index (χ3v) is 5.75. The zero-order chi connectivity index (χ0) is 18.1. The van der Waals surface area contributed by atoms with Gasteiger partial charge in [0.05, 0.1) is 18.7 Å². The van der Waals surface area contributed by atoms with Gasteiger partial charge in [0, 0.05) is 11.4 Å². The maximum absolute atomic E-state index is 13.4. The Hall–Kier alpha value is -2.66. The van der Waals surface area contributed by atoms with Gasteiger partial charge < -0.3 is 9.64 Å². The highest BCUT2D eigenvalue weighted by molar-refractivity contribution is 7.10. The number of fused-ring (bicyclic) bond motifs is 1. The van der Waals surface area contributed by atoms with Crippen molar-refractivity contribution in [3.63, 3.8) is 0 Å². The van der Waals surface area contributed by atoms with E-state index in [9.17, 15) is 9.18 Å². The average molecular weight is 367 g/mol. The molecule has 3 aromatic rings. The summed E-state index contributed by atoms with van der Waals surface area (Å²) < 4.78 is 18.8. The van der Waals surface area contributed by atoms with Crippen LogP contribution in [0.25, 0.3) is 0 Å². The van der Waals surface area contributed by atoms with E-state index in [4.69, 9.17) is 4.74 Å². The number of benzene rings is 2. The van der Waals surface area contributed by atoms with Gasteiger partial charge in [0.2, 0.25) is 0 Å². The molecular formula is C21H18FNO2S. The predicted molar refractivity (Wildman–Crippen MR) is 100 cm³/mol. The van der Waals surface area contributed by atoms with E-state index >= 15 is 0 Å². The van der Waals surface area contributed by atoms with Crippen molar-refractivity contribution in [3.8, 4) is 5.75 Å². The minimum atomic E-state index is -0.280. The number of ether oxygens (including phenoxy) is 1. The van der Waals surface area contributed by atoms with Crippen molar-refractivity contribution >= 4 is 17.2 Å². The van der Waals surface area contributed by atoms with E-state index in [1.165, 1.54) is 17.0 Å². The first kappa shape index (κ1) is 16.8. The third kappa shape index (κ3) is 2.88. The van der Waals surface area contributed by atoms with Crippen LogP contribution in [0.2, 0.25) is 0 Å². The molecule has 0 spiro atoms. The number of amides is 1. The third-order valence-electron chi connectivity index (χ3n) is 4.75. The molecular weight excluding hydrogens is 349 g/mol. The van der Waals surface area contributed by atoms with Crippen molar-refractivity contribution in [2.75, 3.05) is 13.7 Å². The molecule has 5 heteroatoms. The first-order valence-electron chi connectivity index (χ1n) is 8.44. The standard InChI is InChI=1S/C21H18FNO2S/c1-25-18-5-3-2-4-16(18)21(24)23-12-10-19-17(11-13-26-19)20(23)14-6-8-15(22)9-7-14/h2-9,11,13,20H,10,12H2,1H3. The molecule has 0 radical (unpaired) electrons. The van der Waals surface area contributed by atoms with Crippen LogP contribution in [0.15, 0.2) is 60.0 Å². The van der Waals surface area contributed by atoms with E-state index in [-0.39, 0.29) is 17.8 Å². The molecule has 0 fully saturated rings. The van der Waals surface area contributed by atoms with Crippen LogP contribution in [-0.4, -0.2) is 24.5 Å². The molecule has 1 aromatic heterocycles. The summed E-state index contributed by atoms with van der Waals surface area (Å²) >= 11 is 1.71. The van der Waals surface area contributed by atoms with Gasteiger partial charge in [-0.25, -0.2) is 4.39 Å². The van der Waals surface area contributed by atoms with E-state index in [0.29, 0.717) is 17.9 Å². The molecule has 0 bridgehead atoms. The van der Waals surface area contributed by atoms with Crippen molar-refractivity contribution in [2.24, 2.45) is 0 Å². The molecule has 1 amide bonds. The maximum Gasteiger partial charge on any atom is 0.258 e. The monoisotopic (exact) mass is 367 g/mol. The zero-order valence-corrected chi connectivity index (χ0v) is 15.1. The number of carbonyl (C=O) groups is 1. The molecule has 0 saturated heterocycles. The molecule has 1 atom stereocenters. The molecule has 0 saturated carbocycles. The van der Waals surface area contributed by atoms with Gasteiger partial charge in [-0.05, 0) is 53.3 Å². The number of hydrogen-bond donors (Lipinski definition) is 0. The summed E-state index contributed by atoms with van der Waals surface area (Å²) in [6.07, 6.45) is 0.825. The van der Waals surface area contributed by atoms with Gasteiger partial charge in [0.15, 0.2) is 0 Å². The summed E-state index contributed by atoms with van der Waals surface area (Å²) in [5, 5.41) is 2.05. The second kappa shape index (κ2) is 6.92. The summed E-state index contributed by atoms with van der Waals surface area (Å²) in [6, 6.07) is 15.5. The second-order valence-corrected chi connectivity index (χ2v) is 7.20. The van der Waals surface area contributed by atoms with Gasteiger partial charge in [-0.1, -0.05) is 24.3 Å². The number of rotatable bonds is 3. The SMILES string of the molecule is COc1ccccc1C(=O)N1CCc2sccc2C1c1ccc(F)cc1. The highest BCUT2D eigenvalue weighted by Gasteiger charge is 2.34. The van der Waals surface area contributed by atoms with Crippen LogP contribution in [0.5, 0.6) is 5.75 Å².